The van der Waals surface area contributed by atoms with Gasteiger partial charge in [0.05, 0.1) is 0 Å². The standard InChI is InChI=1S/C17H19FIN/c1-3-20-17(13-5-4-6-16(19)10-13)11-14-9-15(18)8-7-12(14)2/h4-10,17,20H,3,11H2,1-2H3. The van der Waals surface area contributed by atoms with Crippen molar-refractivity contribution in [1.29, 1.82) is 0 Å². The maximum atomic E-state index is 13.4. The van der Waals surface area contributed by atoms with Crippen molar-refractivity contribution in [3.63, 3.8) is 0 Å². The summed E-state index contributed by atoms with van der Waals surface area (Å²) < 4.78 is 14.6. The summed E-state index contributed by atoms with van der Waals surface area (Å²) in [6.45, 7) is 5.02. The van der Waals surface area contributed by atoms with E-state index >= 15 is 0 Å². The molecule has 0 radical (unpaired) electrons. The van der Waals surface area contributed by atoms with Crippen molar-refractivity contribution >= 4 is 22.6 Å². The third-order valence-electron chi connectivity index (χ3n) is 3.44. The van der Waals surface area contributed by atoms with Crippen molar-refractivity contribution in [3.8, 4) is 0 Å². The Morgan fingerprint density at radius 1 is 1.20 bits per heavy atom. The highest BCUT2D eigenvalue weighted by Gasteiger charge is 2.13. The van der Waals surface area contributed by atoms with Crippen LogP contribution in [-0.2, 0) is 6.42 Å². The molecule has 1 N–H and O–H groups in total. The quantitative estimate of drug-likeness (QED) is 0.743. The van der Waals surface area contributed by atoms with Crippen LogP contribution in [0, 0.1) is 16.3 Å². The average molecular weight is 383 g/mol. The Morgan fingerprint density at radius 2 is 2.00 bits per heavy atom. The third-order valence-corrected chi connectivity index (χ3v) is 4.11. The van der Waals surface area contributed by atoms with Crippen LogP contribution in [0.5, 0.6) is 0 Å². The second-order valence-corrected chi connectivity index (χ2v) is 6.19. The minimum atomic E-state index is -0.163. The first-order valence-electron chi connectivity index (χ1n) is 6.84. The predicted molar refractivity (Wildman–Crippen MR) is 90.4 cm³/mol. The third kappa shape index (κ3) is 4.03. The van der Waals surface area contributed by atoms with E-state index in [-0.39, 0.29) is 11.9 Å². The van der Waals surface area contributed by atoms with Gasteiger partial charge in [-0.05, 0) is 83.4 Å². The number of aryl methyl sites for hydroxylation is 1. The van der Waals surface area contributed by atoms with Crippen molar-refractivity contribution in [2.75, 3.05) is 6.54 Å². The molecule has 1 unspecified atom stereocenters. The summed E-state index contributed by atoms with van der Waals surface area (Å²) in [5.41, 5.74) is 3.46. The molecule has 0 aliphatic heterocycles. The summed E-state index contributed by atoms with van der Waals surface area (Å²) in [6.07, 6.45) is 0.803. The van der Waals surface area contributed by atoms with Gasteiger partial charge < -0.3 is 5.32 Å². The average Bonchev–Trinajstić information content (AvgIpc) is 2.42. The first-order chi connectivity index (χ1) is 9.60. The Kier molecular flexibility index (Phi) is 5.54. The van der Waals surface area contributed by atoms with Crippen molar-refractivity contribution in [2.45, 2.75) is 26.3 Å². The Labute approximate surface area is 133 Å². The van der Waals surface area contributed by atoms with E-state index in [9.17, 15) is 4.39 Å². The van der Waals surface area contributed by atoms with Crippen LogP contribution in [0.2, 0.25) is 0 Å². The Bertz CT molecular complexity index is 583. The maximum Gasteiger partial charge on any atom is 0.123 e. The largest absolute Gasteiger partial charge is 0.310 e. The summed E-state index contributed by atoms with van der Waals surface area (Å²) in [7, 11) is 0. The van der Waals surface area contributed by atoms with Crippen molar-refractivity contribution in [3.05, 3.63) is 68.5 Å². The number of halogens is 2. The molecule has 0 spiro atoms. The van der Waals surface area contributed by atoms with E-state index in [2.05, 4.69) is 59.1 Å². The second-order valence-electron chi connectivity index (χ2n) is 4.94. The van der Waals surface area contributed by atoms with E-state index in [1.165, 1.54) is 15.2 Å². The lowest BCUT2D eigenvalue weighted by atomic mass is 9.96. The molecular weight excluding hydrogens is 364 g/mol. The van der Waals surface area contributed by atoms with E-state index in [0.29, 0.717) is 0 Å². The molecule has 0 aliphatic rings. The number of likely N-dealkylation sites (N-methyl/N-ethyl adjacent to an activating group) is 1. The van der Waals surface area contributed by atoms with E-state index < -0.39 is 0 Å². The normalized spacial score (nSPS) is 12.4. The number of benzene rings is 2. The fourth-order valence-electron chi connectivity index (χ4n) is 2.36. The van der Waals surface area contributed by atoms with Crippen LogP contribution in [0.25, 0.3) is 0 Å². The molecule has 2 aromatic rings. The molecule has 3 heteroatoms. The molecule has 0 fully saturated rings. The number of hydrogen-bond donors (Lipinski definition) is 1. The highest BCUT2D eigenvalue weighted by molar-refractivity contribution is 14.1. The first-order valence-corrected chi connectivity index (χ1v) is 7.92. The molecular formula is C17H19FIN. The maximum absolute atomic E-state index is 13.4. The zero-order valence-corrected chi connectivity index (χ0v) is 13.9. The Hall–Kier alpha value is -0.940. The lowest BCUT2D eigenvalue weighted by molar-refractivity contribution is 0.545. The fraction of sp³-hybridized carbons (Fsp3) is 0.294. The van der Waals surface area contributed by atoms with E-state index in [1.807, 2.05) is 13.0 Å². The highest BCUT2D eigenvalue weighted by Crippen LogP contribution is 2.22. The van der Waals surface area contributed by atoms with Crippen LogP contribution in [0.15, 0.2) is 42.5 Å². The minimum absolute atomic E-state index is 0.163. The van der Waals surface area contributed by atoms with Gasteiger partial charge in [-0.25, -0.2) is 4.39 Å². The molecule has 0 heterocycles. The van der Waals surface area contributed by atoms with Gasteiger partial charge in [-0.2, -0.15) is 0 Å². The van der Waals surface area contributed by atoms with Gasteiger partial charge in [-0.1, -0.05) is 25.1 Å². The molecule has 0 amide bonds. The number of hydrogen-bond acceptors (Lipinski definition) is 1. The molecule has 2 aromatic carbocycles. The molecule has 0 aromatic heterocycles. The van der Waals surface area contributed by atoms with E-state index in [1.54, 1.807) is 6.07 Å². The molecule has 1 atom stereocenters. The van der Waals surface area contributed by atoms with Crippen LogP contribution in [0.1, 0.15) is 29.7 Å². The molecule has 0 saturated carbocycles. The lowest BCUT2D eigenvalue weighted by Crippen LogP contribution is -2.23. The monoisotopic (exact) mass is 383 g/mol. The number of rotatable bonds is 5. The van der Waals surface area contributed by atoms with E-state index in [4.69, 9.17) is 0 Å². The Morgan fingerprint density at radius 3 is 2.70 bits per heavy atom. The van der Waals surface area contributed by atoms with Crippen LogP contribution in [-0.4, -0.2) is 6.54 Å². The highest BCUT2D eigenvalue weighted by atomic mass is 127. The van der Waals surface area contributed by atoms with Gasteiger partial charge in [-0.3, -0.25) is 0 Å². The van der Waals surface area contributed by atoms with Gasteiger partial charge in [-0.15, -0.1) is 0 Å². The van der Waals surface area contributed by atoms with Crippen LogP contribution < -0.4 is 5.32 Å². The number of nitrogens with one attached hydrogen (secondary N) is 1. The summed E-state index contributed by atoms with van der Waals surface area (Å²) in [4.78, 5) is 0. The first kappa shape index (κ1) is 15.4. The van der Waals surface area contributed by atoms with Gasteiger partial charge in [0.1, 0.15) is 5.82 Å². The van der Waals surface area contributed by atoms with Crippen molar-refractivity contribution in [2.24, 2.45) is 0 Å². The molecule has 0 saturated heterocycles. The molecule has 0 bridgehead atoms. The molecule has 20 heavy (non-hydrogen) atoms. The Balaban J connectivity index is 2.27. The van der Waals surface area contributed by atoms with E-state index in [0.717, 1.165) is 24.1 Å². The zero-order valence-electron chi connectivity index (χ0n) is 11.8. The van der Waals surface area contributed by atoms with Crippen LogP contribution >= 0.6 is 22.6 Å². The molecule has 0 aliphatic carbocycles. The summed E-state index contributed by atoms with van der Waals surface area (Å²) in [5.74, 6) is -0.163. The molecule has 1 nitrogen and oxygen atoms in total. The van der Waals surface area contributed by atoms with Gasteiger partial charge in [0.15, 0.2) is 0 Å². The van der Waals surface area contributed by atoms with Gasteiger partial charge in [0.2, 0.25) is 0 Å². The van der Waals surface area contributed by atoms with Crippen LogP contribution in [0.3, 0.4) is 0 Å². The molecule has 106 valence electrons. The van der Waals surface area contributed by atoms with Crippen molar-refractivity contribution < 1.29 is 4.39 Å². The van der Waals surface area contributed by atoms with Crippen molar-refractivity contribution in [1.82, 2.24) is 5.32 Å². The van der Waals surface area contributed by atoms with Gasteiger partial charge in [0, 0.05) is 9.61 Å². The minimum Gasteiger partial charge on any atom is -0.310 e. The summed E-state index contributed by atoms with van der Waals surface area (Å²) in [6, 6.07) is 13.7. The summed E-state index contributed by atoms with van der Waals surface area (Å²) in [5, 5.41) is 3.50. The lowest BCUT2D eigenvalue weighted by Gasteiger charge is -2.20. The summed E-state index contributed by atoms with van der Waals surface area (Å²) >= 11 is 2.32. The fourth-order valence-corrected chi connectivity index (χ4v) is 2.92. The zero-order chi connectivity index (χ0) is 14.5. The SMILES string of the molecule is CCNC(Cc1cc(F)ccc1C)c1cccc(I)c1. The molecule has 2 rings (SSSR count). The van der Waals surface area contributed by atoms with Crippen LogP contribution in [0.4, 0.5) is 4.39 Å². The van der Waals surface area contributed by atoms with Gasteiger partial charge in [0.25, 0.3) is 0 Å². The van der Waals surface area contributed by atoms with Gasteiger partial charge >= 0.3 is 0 Å². The predicted octanol–water partition coefficient (Wildman–Crippen LogP) is 4.63. The smallest absolute Gasteiger partial charge is 0.123 e. The second kappa shape index (κ2) is 7.18. The topological polar surface area (TPSA) is 12.0 Å².